The third kappa shape index (κ3) is 3.60. The highest BCUT2D eigenvalue weighted by Crippen LogP contribution is 2.24. The van der Waals surface area contributed by atoms with Crippen LogP contribution >= 0.6 is 0 Å². The van der Waals surface area contributed by atoms with Crippen molar-refractivity contribution in [3.63, 3.8) is 0 Å². The Hall–Kier alpha value is -1.35. The molecule has 3 nitrogen and oxygen atoms in total. The average Bonchev–Trinajstić information content (AvgIpc) is 2.91. The molecular formula is C17H26N2O. The van der Waals surface area contributed by atoms with Crippen LogP contribution in [0.2, 0.25) is 0 Å². The molecule has 2 atom stereocenters. The molecule has 1 saturated heterocycles. The zero-order valence-electron chi connectivity index (χ0n) is 13.0. The molecule has 2 unspecified atom stereocenters. The molecule has 2 N–H and O–H groups in total. The number of benzene rings is 1. The molecule has 110 valence electrons. The summed E-state index contributed by atoms with van der Waals surface area (Å²) < 4.78 is 0. The first-order valence-electron chi connectivity index (χ1n) is 7.49. The van der Waals surface area contributed by atoms with Crippen molar-refractivity contribution in [3.8, 4) is 0 Å². The van der Waals surface area contributed by atoms with Crippen LogP contribution < -0.4 is 10.6 Å². The van der Waals surface area contributed by atoms with E-state index >= 15 is 0 Å². The van der Waals surface area contributed by atoms with Gasteiger partial charge in [-0.25, -0.2) is 0 Å². The van der Waals surface area contributed by atoms with Gasteiger partial charge in [0, 0.05) is 6.54 Å². The van der Waals surface area contributed by atoms with Crippen LogP contribution in [0, 0.1) is 5.92 Å². The lowest BCUT2D eigenvalue weighted by atomic mass is 9.86. The SMILES string of the molecule is CC(NC(=O)C1CCNC1)c1ccc(C(C)(C)C)cc1. The first kappa shape index (κ1) is 15.0. The van der Waals surface area contributed by atoms with Gasteiger partial charge in [-0.05, 0) is 36.4 Å². The van der Waals surface area contributed by atoms with E-state index in [1.807, 2.05) is 6.92 Å². The van der Waals surface area contributed by atoms with Crippen LogP contribution in [0.3, 0.4) is 0 Å². The zero-order chi connectivity index (χ0) is 14.8. The molecule has 1 aromatic carbocycles. The Morgan fingerprint density at radius 1 is 1.30 bits per heavy atom. The molecule has 2 rings (SSSR count). The molecular weight excluding hydrogens is 248 g/mol. The van der Waals surface area contributed by atoms with E-state index in [9.17, 15) is 4.79 Å². The third-order valence-corrected chi connectivity index (χ3v) is 4.07. The van der Waals surface area contributed by atoms with Gasteiger partial charge in [0.25, 0.3) is 0 Å². The Morgan fingerprint density at radius 3 is 2.45 bits per heavy atom. The van der Waals surface area contributed by atoms with Crippen molar-refractivity contribution in [1.29, 1.82) is 0 Å². The largest absolute Gasteiger partial charge is 0.349 e. The lowest BCUT2D eigenvalue weighted by Crippen LogP contribution is -2.33. The van der Waals surface area contributed by atoms with E-state index in [0.717, 1.165) is 25.1 Å². The summed E-state index contributed by atoms with van der Waals surface area (Å²) in [5, 5.41) is 6.35. The maximum atomic E-state index is 12.1. The number of nitrogens with one attached hydrogen (secondary N) is 2. The lowest BCUT2D eigenvalue weighted by Gasteiger charge is -2.21. The fraction of sp³-hybridized carbons (Fsp3) is 0.588. The second-order valence-electron chi connectivity index (χ2n) is 6.79. The van der Waals surface area contributed by atoms with Gasteiger partial charge in [0.1, 0.15) is 0 Å². The third-order valence-electron chi connectivity index (χ3n) is 4.07. The van der Waals surface area contributed by atoms with Crippen molar-refractivity contribution in [2.45, 2.75) is 45.6 Å². The standard InChI is InChI=1S/C17H26N2O/c1-12(19-16(20)14-9-10-18-11-14)13-5-7-15(8-6-13)17(2,3)4/h5-8,12,14,18H,9-11H2,1-4H3,(H,19,20). The quantitative estimate of drug-likeness (QED) is 0.890. The van der Waals surface area contributed by atoms with Crippen molar-refractivity contribution in [3.05, 3.63) is 35.4 Å². The predicted molar refractivity (Wildman–Crippen MR) is 82.7 cm³/mol. The summed E-state index contributed by atoms with van der Waals surface area (Å²) in [5.74, 6) is 0.300. The molecule has 1 aliphatic heterocycles. The van der Waals surface area contributed by atoms with Crippen LogP contribution in [0.4, 0.5) is 0 Å². The number of carbonyl (C=O) groups is 1. The van der Waals surface area contributed by atoms with E-state index in [2.05, 4.69) is 55.7 Å². The van der Waals surface area contributed by atoms with Crippen molar-refractivity contribution < 1.29 is 4.79 Å². The summed E-state index contributed by atoms with van der Waals surface area (Å²) in [6, 6.07) is 8.64. The number of rotatable bonds is 3. The first-order valence-corrected chi connectivity index (χ1v) is 7.49. The predicted octanol–water partition coefficient (Wildman–Crippen LogP) is 2.77. The average molecular weight is 274 g/mol. The van der Waals surface area contributed by atoms with Gasteiger partial charge in [0.15, 0.2) is 0 Å². The second-order valence-corrected chi connectivity index (χ2v) is 6.79. The van der Waals surface area contributed by atoms with E-state index in [0.29, 0.717) is 0 Å². The molecule has 0 aromatic heterocycles. The fourth-order valence-corrected chi connectivity index (χ4v) is 2.56. The number of hydrogen-bond acceptors (Lipinski definition) is 2. The highest BCUT2D eigenvalue weighted by atomic mass is 16.2. The van der Waals surface area contributed by atoms with E-state index in [1.165, 1.54) is 5.56 Å². The van der Waals surface area contributed by atoms with Crippen LogP contribution in [-0.4, -0.2) is 19.0 Å². The molecule has 0 saturated carbocycles. The minimum absolute atomic E-state index is 0.0668. The maximum Gasteiger partial charge on any atom is 0.224 e. The summed E-state index contributed by atoms with van der Waals surface area (Å²) in [7, 11) is 0. The Kier molecular flexibility index (Phi) is 4.48. The molecule has 1 fully saturated rings. The van der Waals surface area contributed by atoms with Gasteiger partial charge >= 0.3 is 0 Å². The van der Waals surface area contributed by atoms with Crippen LogP contribution in [0.1, 0.15) is 51.3 Å². The van der Waals surface area contributed by atoms with Crippen molar-refractivity contribution >= 4 is 5.91 Å². The Bertz CT molecular complexity index is 453. The van der Waals surface area contributed by atoms with Gasteiger partial charge in [-0.2, -0.15) is 0 Å². The molecule has 1 heterocycles. The number of hydrogen-bond donors (Lipinski definition) is 2. The zero-order valence-corrected chi connectivity index (χ0v) is 13.0. The van der Waals surface area contributed by atoms with E-state index in [-0.39, 0.29) is 23.3 Å². The Balaban J connectivity index is 1.98. The van der Waals surface area contributed by atoms with Crippen LogP contribution in [0.5, 0.6) is 0 Å². The second kappa shape index (κ2) is 5.96. The van der Waals surface area contributed by atoms with E-state index in [4.69, 9.17) is 0 Å². The molecule has 0 spiro atoms. The van der Waals surface area contributed by atoms with E-state index < -0.39 is 0 Å². The van der Waals surface area contributed by atoms with Gasteiger partial charge in [-0.15, -0.1) is 0 Å². The van der Waals surface area contributed by atoms with Crippen molar-refractivity contribution in [2.75, 3.05) is 13.1 Å². The summed E-state index contributed by atoms with van der Waals surface area (Å²) in [6.45, 7) is 10.4. The normalized spacial score (nSPS) is 20.7. The molecule has 0 radical (unpaired) electrons. The molecule has 1 amide bonds. The van der Waals surface area contributed by atoms with E-state index in [1.54, 1.807) is 0 Å². The summed E-state index contributed by atoms with van der Waals surface area (Å²) in [5.41, 5.74) is 2.65. The van der Waals surface area contributed by atoms with Gasteiger partial charge in [0.2, 0.25) is 5.91 Å². The molecule has 20 heavy (non-hydrogen) atoms. The maximum absolute atomic E-state index is 12.1. The minimum Gasteiger partial charge on any atom is -0.349 e. The van der Waals surface area contributed by atoms with Gasteiger partial charge in [0.05, 0.1) is 12.0 Å². The Morgan fingerprint density at radius 2 is 1.95 bits per heavy atom. The smallest absolute Gasteiger partial charge is 0.224 e. The number of carbonyl (C=O) groups excluding carboxylic acids is 1. The molecule has 1 aliphatic rings. The molecule has 0 bridgehead atoms. The highest BCUT2D eigenvalue weighted by molar-refractivity contribution is 5.79. The summed E-state index contributed by atoms with van der Waals surface area (Å²) in [6.07, 6.45) is 0.946. The van der Waals surface area contributed by atoms with Crippen LogP contribution in [-0.2, 0) is 10.2 Å². The fourth-order valence-electron chi connectivity index (χ4n) is 2.56. The number of amides is 1. The van der Waals surface area contributed by atoms with Crippen LogP contribution in [0.15, 0.2) is 24.3 Å². The molecule has 1 aromatic rings. The van der Waals surface area contributed by atoms with Gasteiger partial charge in [-0.1, -0.05) is 45.0 Å². The van der Waals surface area contributed by atoms with Gasteiger partial charge in [-0.3, -0.25) is 4.79 Å². The van der Waals surface area contributed by atoms with Crippen LogP contribution in [0.25, 0.3) is 0 Å². The molecule has 0 aliphatic carbocycles. The van der Waals surface area contributed by atoms with Gasteiger partial charge < -0.3 is 10.6 Å². The highest BCUT2D eigenvalue weighted by Gasteiger charge is 2.23. The topological polar surface area (TPSA) is 41.1 Å². The Labute approximate surface area is 122 Å². The minimum atomic E-state index is 0.0668. The summed E-state index contributed by atoms with van der Waals surface area (Å²) in [4.78, 5) is 12.1. The first-order chi connectivity index (χ1) is 9.38. The lowest BCUT2D eigenvalue weighted by molar-refractivity contribution is -0.125. The summed E-state index contributed by atoms with van der Waals surface area (Å²) >= 11 is 0. The monoisotopic (exact) mass is 274 g/mol. The van der Waals surface area contributed by atoms with Crippen molar-refractivity contribution in [2.24, 2.45) is 5.92 Å². The molecule has 3 heteroatoms. The van der Waals surface area contributed by atoms with Crippen molar-refractivity contribution in [1.82, 2.24) is 10.6 Å².